The Labute approximate surface area is 85.6 Å². The minimum absolute atomic E-state index is 0.0482. The van der Waals surface area contributed by atoms with Crippen LogP contribution in [-0.4, -0.2) is 4.92 Å². The average Bonchev–Trinajstić information content (AvgIpc) is 2.26. The molecule has 0 aliphatic heterocycles. The molecule has 0 bridgehead atoms. The van der Waals surface area contributed by atoms with Crippen molar-refractivity contribution in [1.29, 1.82) is 10.5 Å². The Morgan fingerprint density at radius 1 is 1.33 bits per heavy atom. The maximum Gasteiger partial charge on any atom is 0.269 e. The van der Waals surface area contributed by atoms with Crippen LogP contribution in [0.3, 0.4) is 0 Å². The van der Waals surface area contributed by atoms with Crippen LogP contribution in [0.5, 0.6) is 0 Å². The maximum absolute atomic E-state index is 10.4. The zero-order valence-corrected chi connectivity index (χ0v) is 7.54. The summed E-state index contributed by atoms with van der Waals surface area (Å²) in [5.41, 5.74) is 0.630. The van der Waals surface area contributed by atoms with Crippen molar-refractivity contribution in [2.45, 2.75) is 0 Å². The quantitative estimate of drug-likeness (QED) is 0.414. The highest BCUT2D eigenvalue weighted by molar-refractivity contribution is 5.78. The highest BCUT2D eigenvalue weighted by Crippen LogP contribution is 2.17. The van der Waals surface area contributed by atoms with Gasteiger partial charge in [0.2, 0.25) is 0 Å². The number of nitro benzene ring substituents is 1. The summed E-state index contributed by atoms with van der Waals surface area (Å²) in [4.78, 5) is 9.83. The monoisotopic (exact) mass is 199 g/mol. The molecule has 0 radical (unpaired) electrons. The normalized spacial score (nSPS) is 10.1. The van der Waals surface area contributed by atoms with Crippen LogP contribution in [0.1, 0.15) is 5.56 Å². The molecule has 1 rings (SSSR count). The van der Waals surface area contributed by atoms with Crippen molar-refractivity contribution in [3.8, 4) is 12.1 Å². The molecular weight excluding hydrogens is 194 g/mol. The van der Waals surface area contributed by atoms with Crippen LogP contribution in [0.15, 0.2) is 30.3 Å². The van der Waals surface area contributed by atoms with Gasteiger partial charge in [-0.05, 0) is 17.7 Å². The van der Waals surface area contributed by atoms with E-state index in [1.807, 2.05) is 6.07 Å². The minimum Gasteiger partial charge on any atom is -0.258 e. The minimum atomic E-state index is -0.524. The van der Waals surface area contributed by atoms with E-state index in [0.29, 0.717) is 5.56 Å². The SMILES string of the molecule is N#C/C=C(\C#N)c1ccc([N+](=O)[O-])cc1. The van der Waals surface area contributed by atoms with Gasteiger partial charge in [-0.15, -0.1) is 0 Å². The van der Waals surface area contributed by atoms with Crippen molar-refractivity contribution in [2.24, 2.45) is 0 Å². The van der Waals surface area contributed by atoms with Gasteiger partial charge in [0.25, 0.3) is 5.69 Å². The third kappa shape index (κ3) is 2.39. The largest absolute Gasteiger partial charge is 0.269 e. The molecule has 0 unspecified atom stereocenters. The summed E-state index contributed by atoms with van der Waals surface area (Å²) in [5, 5.41) is 27.4. The van der Waals surface area contributed by atoms with Gasteiger partial charge in [-0.1, -0.05) is 0 Å². The van der Waals surface area contributed by atoms with Crippen molar-refractivity contribution < 1.29 is 4.92 Å². The lowest BCUT2D eigenvalue weighted by molar-refractivity contribution is -0.384. The molecule has 72 valence electrons. The molecule has 1 aromatic rings. The number of hydrogen-bond donors (Lipinski definition) is 0. The second kappa shape index (κ2) is 4.54. The molecule has 0 fully saturated rings. The molecule has 0 aliphatic carbocycles. The summed E-state index contributed by atoms with van der Waals surface area (Å²) in [6.07, 6.45) is 1.10. The van der Waals surface area contributed by atoms with Crippen LogP contribution in [0, 0.1) is 32.8 Å². The van der Waals surface area contributed by atoms with E-state index in [1.165, 1.54) is 24.3 Å². The Hall–Kier alpha value is -2.66. The van der Waals surface area contributed by atoms with Gasteiger partial charge >= 0.3 is 0 Å². The van der Waals surface area contributed by atoms with Crippen LogP contribution >= 0.6 is 0 Å². The first-order valence-electron chi connectivity index (χ1n) is 3.93. The topological polar surface area (TPSA) is 90.7 Å². The summed E-state index contributed by atoms with van der Waals surface area (Å²) in [7, 11) is 0. The molecule has 0 saturated carbocycles. The Morgan fingerprint density at radius 2 is 1.93 bits per heavy atom. The summed E-state index contributed by atoms with van der Waals surface area (Å²) in [5.74, 6) is 0. The Morgan fingerprint density at radius 3 is 2.33 bits per heavy atom. The van der Waals surface area contributed by atoms with Crippen LogP contribution < -0.4 is 0 Å². The van der Waals surface area contributed by atoms with E-state index < -0.39 is 4.92 Å². The number of rotatable bonds is 2. The fourth-order valence-corrected chi connectivity index (χ4v) is 1.01. The Kier molecular flexibility index (Phi) is 3.15. The third-order valence-electron chi connectivity index (χ3n) is 1.72. The van der Waals surface area contributed by atoms with Crippen LogP contribution in [0.4, 0.5) is 5.69 Å². The molecule has 0 heterocycles. The second-order valence-corrected chi connectivity index (χ2v) is 2.60. The lowest BCUT2D eigenvalue weighted by Crippen LogP contribution is -1.88. The standard InChI is InChI=1S/C10H5N3O2/c11-6-5-9(7-12)8-1-3-10(4-2-8)13(14)15/h1-5H/b9-5+. The number of allylic oxidation sites excluding steroid dienone is 2. The number of nitrogens with zero attached hydrogens (tertiary/aromatic N) is 3. The molecule has 0 spiro atoms. The van der Waals surface area contributed by atoms with Crippen molar-refractivity contribution in [3.05, 3.63) is 46.0 Å². The van der Waals surface area contributed by atoms with E-state index in [0.717, 1.165) is 6.08 Å². The van der Waals surface area contributed by atoms with Crippen LogP contribution in [0.25, 0.3) is 5.57 Å². The first-order valence-corrected chi connectivity index (χ1v) is 3.93. The highest BCUT2D eigenvalue weighted by atomic mass is 16.6. The first-order chi connectivity index (χ1) is 7.19. The molecule has 5 nitrogen and oxygen atoms in total. The van der Waals surface area contributed by atoms with Crippen LogP contribution in [-0.2, 0) is 0 Å². The number of benzene rings is 1. The zero-order chi connectivity index (χ0) is 11.3. The Bertz CT molecular complexity index is 489. The molecule has 0 N–H and O–H groups in total. The molecule has 5 heteroatoms. The van der Waals surface area contributed by atoms with Gasteiger partial charge < -0.3 is 0 Å². The Balaban J connectivity index is 3.11. The lowest BCUT2D eigenvalue weighted by Gasteiger charge is -1.96. The highest BCUT2D eigenvalue weighted by Gasteiger charge is 2.06. The van der Waals surface area contributed by atoms with Crippen molar-refractivity contribution in [1.82, 2.24) is 0 Å². The van der Waals surface area contributed by atoms with Gasteiger partial charge in [0.15, 0.2) is 0 Å². The number of non-ortho nitro benzene ring substituents is 1. The number of nitro groups is 1. The van der Waals surface area contributed by atoms with Crippen molar-refractivity contribution in [3.63, 3.8) is 0 Å². The number of nitriles is 2. The number of hydrogen-bond acceptors (Lipinski definition) is 4. The predicted molar refractivity (Wildman–Crippen MR) is 52.3 cm³/mol. The molecule has 0 aliphatic rings. The van der Waals surface area contributed by atoms with Crippen molar-refractivity contribution in [2.75, 3.05) is 0 Å². The summed E-state index contributed by atoms with van der Waals surface area (Å²) >= 11 is 0. The van der Waals surface area contributed by atoms with Gasteiger partial charge in [-0.2, -0.15) is 10.5 Å². The van der Waals surface area contributed by atoms with Gasteiger partial charge in [0.05, 0.1) is 16.6 Å². The van der Waals surface area contributed by atoms with E-state index >= 15 is 0 Å². The van der Waals surface area contributed by atoms with Gasteiger partial charge in [0, 0.05) is 18.2 Å². The maximum atomic E-state index is 10.4. The van der Waals surface area contributed by atoms with E-state index in [9.17, 15) is 10.1 Å². The van der Waals surface area contributed by atoms with Gasteiger partial charge in [0.1, 0.15) is 6.07 Å². The van der Waals surface area contributed by atoms with Gasteiger partial charge in [-0.3, -0.25) is 10.1 Å². The third-order valence-corrected chi connectivity index (χ3v) is 1.72. The average molecular weight is 199 g/mol. The second-order valence-electron chi connectivity index (χ2n) is 2.60. The van der Waals surface area contributed by atoms with Crippen molar-refractivity contribution >= 4 is 11.3 Å². The summed E-state index contributed by atoms with van der Waals surface area (Å²) in [6.45, 7) is 0. The molecule has 1 aromatic carbocycles. The molecule has 0 aromatic heterocycles. The summed E-state index contributed by atoms with van der Waals surface area (Å²) < 4.78 is 0. The smallest absolute Gasteiger partial charge is 0.258 e. The summed E-state index contributed by atoms with van der Waals surface area (Å²) in [6, 6.07) is 9.02. The van der Waals surface area contributed by atoms with E-state index in [4.69, 9.17) is 10.5 Å². The van der Waals surface area contributed by atoms with E-state index in [1.54, 1.807) is 6.07 Å². The predicted octanol–water partition coefficient (Wildman–Crippen LogP) is 2.03. The zero-order valence-electron chi connectivity index (χ0n) is 7.54. The molecule has 0 saturated heterocycles. The first kappa shape index (κ1) is 10.4. The van der Waals surface area contributed by atoms with Gasteiger partial charge in [-0.25, -0.2) is 0 Å². The molecule has 0 atom stereocenters. The molecule has 0 amide bonds. The fourth-order valence-electron chi connectivity index (χ4n) is 1.01. The molecule has 15 heavy (non-hydrogen) atoms. The fraction of sp³-hybridized carbons (Fsp3) is 0. The van der Waals surface area contributed by atoms with Crippen LogP contribution in [0.2, 0.25) is 0 Å². The lowest BCUT2D eigenvalue weighted by atomic mass is 10.1. The molecular formula is C10H5N3O2. The van der Waals surface area contributed by atoms with E-state index in [-0.39, 0.29) is 11.3 Å². The van der Waals surface area contributed by atoms with E-state index in [2.05, 4.69) is 0 Å².